The summed E-state index contributed by atoms with van der Waals surface area (Å²) in [6, 6.07) is 0.242. The van der Waals surface area contributed by atoms with Crippen molar-refractivity contribution in [1.82, 2.24) is 5.32 Å². The average molecular weight is 307 g/mol. The molecule has 2 N–H and O–H groups in total. The predicted molar refractivity (Wildman–Crippen MR) is 66.6 cm³/mol. The van der Waals surface area contributed by atoms with Crippen molar-refractivity contribution < 1.29 is 5.11 Å². The Morgan fingerprint density at radius 2 is 2.00 bits per heavy atom. The van der Waals surface area contributed by atoms with Gasteiger partial charge in [0.05, 0.1) is 10.1 Å². The quantitative estimate of drug-likeness (QED) is 0.443. The summed E-state index contributed by atoms with van der Waals surface area (Å²) in [5.41, 5.74) is 0. The lowest BCUT2D eigenvalue weighted by Gasteiger charge is -2.34. The van der Waals surface area contributed by atoms with Gasteiger partial charge in [0.15, 0.2) is 0 Å². The van der Waals surface area contributed by atoms with E-state index in [-0.39, 0.29) is 6.04 Å². The normalized spacial score (nSPS) is 35.4. The number of halogens is 1. The van der Waals surface area contributed by atoms with Crippen molar-refractivity contribution in [3.63, 3.8) is 0 Å². The highest BCUT2D eigenvalue weighted by Gasteiger charge is 2.30. The Morgan fingerprint density at radius 3 is 2.71 bits per heavy atom. The van der Waals surface area contributed by atoms with Gasteiger partial charge < -0.3 is 5.11 Å². The monoisotopic (exact) mass is 307 g/mol. The molecule has 0 radical (unpaired) electrons. The smallest absolute Gasteiger partial charge is 0.106 e. The minimum absolute atomic E-state index is 0.242. The van der Waals surface area contributed by atoms with E-state index in [0.29, 0.717) is 15.7 Å². The molecule has 1 aliphatic heterocycles. The van der Waals surface area contributed by atoms with Gasteiger partial charge in [-0.15, -0.1) is 0 Å². The lowest BCUT2D eigenvalue weighted by Crippen LogP contribution is -2.44. The van der Waals surface area contributed by atoms with E-state index in [0.717, 1.165) is 6.42 Å². The number of alkyl halides is 1. The van der Waals surface area contributed by atoms with E-state index in [2.05, 4.69) is 27.9 Å². The van der Waals surface area contributed by atoms with Gasteiger partial charge in [0.2, 0.25) is 0 Å². The van der Waals surface area contributed by atoms with E-state index in [9.17, 15) is 5.11 Å². The largest absolute Gasteiger partial charge is 0.511 e. The zero-order valence-electron chi connectivity index (χ0n) is 8.38. The first-order valence-corrected chi connectivity index (χ1v) is 6.81. The Labute approximate surface area is 99.3 Å². The van der Waals surface area contributed by atoms with Gasteiger partial charge in [-0.25, -0.2) is 0 Å². The topological polar surface area (TPSA) is 32.3 Å². The maximum Gasteiger partial charge on any atom is 0.106 e. The SMILES string of the molecule is OC1=CCC(I)NC1C1CCCCC1. The van der Waals surface area contributed by atoms with Crippen molar-refractivity contribution in [2.45, 2.75) is 48.6 Å². The van der Waals surface area contributed by atoms with E-state index < -0.39 is 0 Å². The van der Waals surface area contributed by atoms with Gasteiger partial charge in [-0.05, 0) is 31.3 Å². The van der Waals surface area contributed by atoms with Gasteiger partial charge >= 0.3 is 0 Å². The molecule has 3 heteroatoms. The van der Waals surface area contributed by atoms with E-state index in [1.165, 1.54) is 32.1 Å². The Morgan fingerprint density at radius 1 is 1.29 bits per heavy atom. The molecular weight excluding hydrogens is 289 g/mol. The summed E-state index contributed by atoms with van der Waals surface area (Å²) in [4.78, 5) is 0. The lowest BCUT2D eigenvalue weighted by atomic mass is 9.82. The highest BCUT2D eigenvalue weighted by Crippen LogP contribution is 2.31. The van der Waals surface area contributed by atoms with Crippen LogP contribution in [0.15, 0.2) is 11.8 Å². The van der Waals surface area contributed by atoms with Crippen LogP contribution in [0.3, 0.4) is 0 Å². The summed E-state index contributed by atoms with van der Waals surface area (Å²) in [5, 5.41) is 13.3. The molecule has 1 heterocycles. The van der Waals surface area contributed by atoms with Gasteiger partial charge in [-0.2, -0.15) is 0 Å². The Balaban J connectivity index is 2.00. The van der Waals surface area contributed by atoms with E-state index in [1.54, 1.807) is 0 Å². The third kappa shape index (κ3) is 2.42. The maximum atomic E-state index is 9.83. The standard InChI is InChI=1S/C11H18INO/c12-10-7-6-9(14)11(13-10)8-4-2-1-3-5-8/h6,8,10-11,13-14H,1-5,7H2. The van der Waals surface area contributed by atoms with Crippen LogP contribution in [0.25, 0.3) is 0 Å². The molecule has 0 aromatic rings. The van der Waals surface area contributed by atoms with E-state index in [1.807, 2.05) is 6.08 Å². The molecule has 1 aliphatic carbocycles. The third-order valence-electron chi connectivity index (χ3n) is 3.33. The highest BCUT2D eigenvalue weighted by atomic mass is 127. The average Bonchev–Trinajstić information content (AvgIpc) is 2.23. The van der Waals surface area contributed by atoms with Crippen LogP contribution in [0.4, 0.5) is 0 Å². The van der Waals surface area contributed by atoms with Gasteiger partial charge in [0.1, 0.15) is 5.76 Å². The molecule has 0 aromatic carbocycles. The zero-order valence-corrected chi connectivity index (χ0v) is 10.5. The molecule has 80 valence electrons. The van der Waals surface area contributed by atoms with Crippen molar-refractivity contribution in [3.8, 4) is 0 Å². The molecular formula is C11H18INO. The molecule has 2 atom stereocenters. The van der Waals surface area contributed by atoms with Crippen molar-refractivity contribution in [2.24, 2.45) is 5.92 Å². The second-order valence-corrected chi connectivity index (χ2v) is 5.88. The Bertz CT molecular complexity index is 223. The molecule has 0 spiro atoms. The molecule has 0 saturated heterocycles. The summed E-state index contributed by atoms with van der Waals surface area (Å²) in [6.45, 7) is 0. The van der Waals surface area contributed by atoms with Crippen molar-refractivity contribution >= 4 is 22.6 Å². The second-order valence-electron chi connectivity index (χ2n) is 4.37. The molecule has 2 rings (SSSR count). The number of hydrogen-bond acceptors (Lipinski definition) is 2. The van der Waals surface area contributed by atoms with Gasteiger partial charge in [-0.3, -0.25) is 5.32 Å². The van der Waals surface area contributed by atoms with Crippen LogP contribution in [0.1, 0.15) is 38.5 Å². The predicted octanol–water partition coefficient (Wildman–Crippen LogP) is 3.13. The molecule has 0 amide bonds. The third-order valence-corrected chi connectivity index (χ3v) is 4.20. The van der Waals surface area contributed by atoms with Crippen LogP contribution >= 0.6 is 22.6 Å². The van der Waals surface area contributed by atoms with Gasteiger partial charge in [0.25, 0.3) is 0 Å². The Hall–Kier alpha value is 0.230. The van der Waals surface area contributed by atoms with Crippen LogP contribution in [0, 0.1) is 5.92 Å². The first-order chi connectivity index (χ1) is 6.77. The van der Waals surface area contributed by atoms with E-state index in [4.69, 9.17) is 0 Å². The van der Waals surface area contributed by atoms with Crippen LogP contribution in [-0.2, 0) is 0 Å². The number of aliphatic hydroxyl groups is 1. The van der Waals surface area contributed by atoms with Crippen LogP contribution in [0.5, 0.6) is 0 Å². The summed E-state index contributed by atoms with van der Waals surface area (Å²) >= 11 is 2.41. The first kappa shape index (κ1) is 10.7. The first-order valence-electron chi connectivity index (χ1n) is 5.56. The molecule has 2 unspecified atom stereocenters. The number of rotatable bonds is 1. The molecule has 14 heavy (non-hydrogen) atoms. The van der Waals surface area contributed by atoms with Gasteiger partial charge in [0, 0.05) is 0 Å². The maximum absolute atomic E-state index is 9.83. The summed E-state index contributed by atoms with van der Waals surface area (Å²) < 4.78 is 0.496. The highest BCUT2D eigenvalue weighted by molar-refractivity contribution is 14.1. The second kappa shape index (κ2) is 4.84. The number of nitrogens with one attached hydrogen (secondary N) is 1. The van der Waals surface area contributed by atoms with Crippen molar-refractivity contribution in [2.75, 3.05) is 0 Å². The van der Waals surface area contributed by atoms with Crippen molar-refractivity contribution in [3.05, 3.63) is 11.8 Å². The number of hydrogen-bond donors (Lipinski definition) is 2. The lowest BCUT2D eigenvalue weighted by molar-refractivity contribution is 0.223. The van der Waals surface area contributed by atoms with Crippen LogP contribution < -0.4 is 5.32 Å². The van der Waals surface area contributed by atoms with Crippen molar-refractivity contribution in [1.29, 1.82) is 0 Å². The molecule has 0 bridgehead atoms. The summed E-state index contributed by atoms with van der Waals surface area (Å²) in [5.74, 6) is 1.25. The fourth-order valence-electron chi connectivity index (χ4n) is 2.54. The number of aliphatic hydroxyl groups excluding tert-OH is 1. The molecule has 2 aliphatic rings. The molecule has 1 saturated carbocycles. The fraction of sp³-hybridized carbons (Fsp3) is 0.818. The van der Waals surface area contributed by atoms with Gasteiger partial charge in [-0.1, -0.05) is 41.9 Å². The van der Waals surface area contributed by atoms with Crippen LogP contribution in [-0.4, -0.2) is 15.2 Å². The minimum Gasteiger partial charge on any atom is -0.511 e. The van der Waals surface area contributed by atoms with E-state index >= 15 is 0 Å². The van der Waals surface area contributed by atoms with Crippen LogP contribution in [0.2, 0.25) is 0 Å². The molecule has 2 nitrogen and oxygen atoms in total. The summed E-state index contributed by atoms with van der Waals surface area (Å²) in [7, 11) is 0. The molecule has 1 fully saturated rings. The Kier molecular flexibility index (Phi) is 3.71. The summed E-state index contributed by atoms with van der Waals surface area (Å²) in [6.07, 6.45) is 9.55. The minimum atomic E-state index is 0.242. The molecule has 0 aromatic heterocycles. The zero-order chi connectivity index (χ0) is 9.97. The fourth-order valence-corrected chi connectivity index (χ4v) is 3.19.